The molecule has 20 heavy (non-hydrogen) atoms. The van der Waals surface area contributed by atoms with Crippen molar-refractivity contribution in [1.29, 1.82) is 0 Å². The lowest BCUT2D eigenvalue weighted by atomic mass is 10.0. The van der Waals surface area contributed by atoms with Crippen LogP contribution in [0.1, 0.15) is 24.4 Å². The average molecular weight is 272 g/mol. The molecule has 1 aliphatic heterocycles. The van der Waals surface area contributed by atoms with Crippen LogP contribution in [0.15, 0.2) is 36.9 Å². The summed E-state index contributed by atoms with van der Waals surface area (Å²) in [5, 5.41) is 4.27. The lowest BCUT2D eigenvalue weighted by molar-refractivity contribution is 0.161. The maximum Gasteiger partial charge on any atom is 0.137 e. The molecule has 0 aliphatic carbocycles. The van der Waals surface area contributed by atoms with Gasteiger partial charge in [-0.1, -0.05) is 18.2 Å². The number of piperidine rings is 1. The Morgan fingerprint density at radius 3 is 3.05 bits per heavy atom. The van der Waals surface area contributed by atoms with E-state index in [-0.39, 0.29) is 0 Å². The maximum absolute atomic E-state index is 5.43. The highest BCUT2D eigenvalue weighted by molar-refractivity contribution is 5.33. The molecule has 0 radical (unpaired) electrons. The molecule has 1 aromatic carbocycles. The summed E-state index contributed by atoms with van der Waals surface area (Å²) in [6.07, 6.45) is 5.79. The van der Waals surface area contributed by atoms with Gasteiger partial charge in [-0.3, -0.25) is 4.90 Å². The Hall–Kier alpha value is -1.88. The second-order valence-electron chi connectivity index (χ2n) is 5.22. The highest BCUT2D eigenvalue weighted by Gasteiger charge is 2.22. The van der Waals surface area contributed by atoms with E-state index in [1.807, 2.05) is 23.1 Å². The topological polar surface area (TPSA) is 43.2 Å². The number of methoxy groups -OCH3 is 1. The molecule has 0 spiro atoms. The van der Waals surface area contributed by atoms with Crippen LogP contribution >= 0.6 is 0 Å². The molecule has 0 N–H and O–H groups in total. The number of para-hydroxylation sites is 1. The van der Waals surface area contributed by atoms with E-state index in [0.29, 0.717) is 6.04 Å². The second-order valence-corrected chi connectivity index (χ2v) is 5.22. The minimum atomic E-state index is 0.431. The third-order valence-corrected chi connectivity index (χ3v) is 3.88. The zero-order valence-corrected chi connectivity index (χ0v) is 11.8. The van der Waals surface area contributed by atoms with Gasteiger partial charge in [0, 0.05) is 18.7 Å². The van der Waals surface area contributed by atoms with Crippen LogP contribution in [-0.4, -0.2) is 39.9 Å². The van der Waals surface area contributed by atoms with Crippen molar-refractivity contribution in [2.24, 2.45) is 0 Å². The van der Waals surface area contributed by atoms with Crippen LogP contribution in [-0.2, 0) is 6.54 Å². The molecule has 1 saturated heterocycles. The van der Waals surface area contributed by atoms with Gasteiger partial charge in [-0.05, 0) is 25.5 Å². The molecular formula is C15H20N4O. The number of likely N-dealkylation sites (tertiary alicyclic amines) is 1. The summed E-state index contributed by atoms with van der Waals surface area (Å²) in [6, 6.07) is 8.67. The fourth-order valence-corrected chi connectivity index (χ4v) is 2.87. The molecule has 5 heteroatoms. The number of benzene rings is 1. The number of hydrogen-bond donors (Lipinski definition) is 0. The molecule has 0 unspecified atom stereocenters. The Kier molecular flexibility index (Phi) is 3.97. The summed E-state index contributed by atoms with van der Waals surface area (Å²) in [6.45, 7) is 3.07. The van der Waals surface area contributed by atoms with Gasteiger partial charge in [-0.25, -0.2) is 9.67 Å². The summed E-state index contributed by atoms with van der Waals surface area (Å²) in [5.41, 5.74) is 1.24. The van der Waals surface area contributed by atoms with Crippen LogP contribution in [0.5, 0.6) is 5.75 Å². The van der Waals surface area contributed by atoms with Crippen LogP contribution in [0.4, 0.5) is 0 Å². The number of hydrogen-bond acceptors (Lipinski definition) is 4. The molecule has 1 aromatic heterocycles. The third kappa shape index (κ3) is 2.82. The highest BCUT2D eigenvalue weighted by Crippen LogP contribution is 2.24. The van der Waals surface area contributed by atoms with Gasteiger partial charge in [0.1, 0.15) is 18.4 Å². The molecule has 3 rings (SSSR count). The molecule has 1 fully saturated rings. The molecule has 0 bridgehead atoms. The largest absolute Gasteiger partial charge is 0.496 e. The smallest absolute Gasteiger partial charge is 0.137 e. The van der Waals surface area contributed by atoms with Gasteiger partial charge < -0.3 is 4.74 Å². The SMILES string of the molecule is COc1ccccc1CN1CCC[C@H](n2cncn2)C1. The van der Waals surface area contributed by atoms with Crippen molar-refractivity contribution in [2.45, 2.75) is 25.4 Å². The second kappa shape index (κ2) is 6.05. The molecule has 5 nitrogen and oxygen atoms in total. The van der Waals surface area contributed by atoms with Crippen molar-refractivity contribution >= 4 is 0 Å². The minimum absolute atomic E-state index is 0.431. The van der Waals surface area contributed by atoms with Gasteiger partial charge in [0.2, 0.25) is 0 Å². The highest BCUT2D eigenvalue weighted by atomic mass is 16.5. The predicted molar refractivity (Wildman–Crippen MR) is 76.6 cm³/mol. The Bertz CT molecular complexity index is 541. The standard InChI is InChI=1S/C15H20N4O/c1-20-15-7-3-2-5-13(15)9-18-8-4-6-14(10-18)19-12-16-11-17-19/h2-3,5,7,11-12,14H,4,6,8-10H2,1H3/t14-/m0/s1. The first-order chi connectivity index (χ1) is 9.86. The minimum Gasteiger partial charge on any atom is -0.496 e. The quantitative estimate of drug-likeness (QED) is 0.855. The van der Waals surface area contributed by atoms with Crippen molar-refractivity contribution in [2.75, 3.05) is 20.2 Å². The number of ether oxygens (including phenoxy) is 1. The zero-order chi connectivity index (χ0) is 13.8. The molecule has 0 amide bonds. The summed E-state index contributed by atoms with van der Waals surface area (Å²) in [7, 11) is 1.73. The first-order valence-electron chi connectivity index (χ1n) is 7.05. The van der Waals surface area contributed by atoms with Crippen LogP contribution in [0, 0.1) is 0 Å². The van der Waals surface area contributed by atoms with Crippen molar-refractivity contribution in [3.8, 4) is 5.75 Å². The lowest BCUT2D eigenvalue weighted by Crippen LogP contribution is -2.36. The van der Waals surface area contributed by atoms with Gasteiger partial charge in [0.15, 0.2) is 0 Å². The summed E-state index contributed by atoms with van der Waals surface area (Å²) >= 11 is 0. The number of rotatable bonds is 4. The van der Waals surface area contributed by atoms with E-state index in [1.54, 1.807) is 13.4 Å². The lowest BCUT2D eigenvalue weighted by Gasteiger charge is -2.32. The van der Waals surface area contributed by atoms with E-state index in [9.17, 15) is 0 Å². The van der Waals surface area contributed by atoms with E-state index in [1.165, 1.54) is 18.4 Å². The van der Waals surface area contributed by atoms with Crippen molar-refractivity contribution in [1.82, 2.24) is 19.7 Å². The normalized spacial score (nSPS) is 19.9. The first kappa shape index (κ1) is 13.1. The van der Waals surface area contributed by atoms with Crippen LogP contribution in [0.3, 0.4) is 0 Å². The van der Waals surface area contributed by atoms with E-state index in [0.717, 1.165) is 25.4 Å². The van der Waals surface area contributed by atoms with E-state index in [4.69, 9.17) is 4.74 Å². The Labute approximate surface area is 119 Å². The average Bonchev–Trinajstić information content (AvgIpc) is 3.02. The number of nitrogens with zero attached hydrogens (tertiary/aromatic N) is 4. The molecule has 106 valence electrons. The van der Waals surface area contributed by atoms with Gasteiger partial charge >= 0.3 is 0 Å². The van der Waals surface area contributed by atoms with Crippen LogP contribution in [0.25, 0.3) is 0 Å². The fraction of sp³-hybridized carbons (Fsp3) is 0.467. The Morgan fingerprint density at radius 2 is 2.25 bits per heavy atom. The molecule has 1 atom stereocenters. The van der Waals surface area contributed by atoms with E-state index < -0.39 is 0 Å². The van der Waals surface area contributed by atoms with Gasteiger partial charge in [0.05, 0.1) is 13.2 Å². The maximum atomic E-state index is 5.43. The van der Waals surface area contributed by atoms with Crippen molar-refractivity contribution < 1.29 is 4.74 Å². The Morgan fingerprint density at radius 1 is 1.35 bits per heavy atom. The van der Waals surface area contributed by atoms with E-state index in [2.05, 4.69) is 27.1 Å². The predicted octanol–water partition coefficient (Wildman–Crippen LogP) is 2.12. The third-order valence-electron chi connectivity index (χ3n) is 3.88. The Balaban J connectivity index is 1.68. The van der Waals surface area contributed by atoms with Gasteiger partial charge in [-0.2, -0.15) is 5.10 Å². The molecule has 2 aromatic rings. The monoisotopic (exact) mass is 272 g/mol. The summed E-state index contributed by atoms with van der Waals surface area (Å²) in [5.74, 6) is 0.968. The molecule has 1 aliphatic rings. The zero-order valence-electron chi connectivity index (χ0n) is 11.8. The fourth-order valence-electron chi connectivity index (χ4n) is 2.87. The summed E-state index contributed by atoms with van der Waals surface area (Å²) < 4.78 is 7.41. The number of aromatic nitrogens is 3. The summed E-state index contributed by atoms with van der Waals surface area (Å²) in [4.78, 5) is 6.51. The van der Waals surface area contributed by atoms with Gasteiger partial charge in [-0.15, -0.1) is 0 Å². The van der Waals surface area contributed by atoms with Crippen molar-refractivity contribution in [3.63, 3.8) is 0 Å². The van der Waals surface area contributed by atoms with E-state index >= 15 is 0 Å². The first-order valence-corrected chi connectivity index (χ1v) is 7.05. The van der Waals surface area contributed by atoms with Crippen LogP contribution < -0.4 is 4.74 Å². The molecular weight excluding hydrogens is 252 g/mol. The molecule has 0 saturated carbocycles. The van der Waals surface area contributed by atoms with Gasteiger partial charge in [0.25, 0.3) is 0 Å². The van der Waals surface area contributed by atoms with Crippen LogP contribution in [0.2, 0.25) is 0 Å². The molecule has 2 heterocycles. The van der Waals surface area contributed by atoms with Crippen molar-refractivity contribution in [3.05, 3.63) is 42.5 Å².